The van der Waals surface area contributed by atoms with Crippen LogP contribution in [0.2, 0.25) is 5.02 Å². The van der Waals surface area contributed by atoms with Crippen molar-refractivity contribution in [3.05, 3.63) is 58.6 Å². The molecule has 0 radical (unpaired) electrons. The summed E-state index contributed by atoms with van der Waals surface area (Å²) in [6.07, 6.45) is 2.24. The standard InChI is InChI=1S/C32H41ClN4O4/c1-22-5-8-28(17-30(22)33)37(32(40)25-11-15-35(16-12-25)23(2)38)14-4-13-34-18-26-20-36(21-27(26)19-34)31(39)24-6-9-29(41-3)10-7-24/h5-10,17,25-27H,4,11-16,18-21H2,1-3H3. The molecule has 8 nitrogen and oxygen atoms in total. The first-order valence-corrected chi connectivity index (χ1v) is 15.1. The van der Waals surface area contributed by atoms with Crippen LogP contribution in [0.5, 0.6) is 5.75 Å². The van der Waals surface area contributed by atoms with E-state index in [4.69, 9.17) is 16.3 Å². The molecule has 3 amide bonds. The number of anilines is 1. The summed E-state index contributed by atoms with van der Waals surface area (Å²) < 4.78 is 5.21. The number of halogens is 1. The molecule has 2 aromatic rings. The van der Waals surface area contributed by atoms with Gasteiger partial charge in [0.2, 0.25) is 11.8 Å². The van der Waals surface area contributed by atoms with Crippen molar-refractivity contribution in [1.82, 2.24) is 14.7 Å². The highest BCUT2D eigenvalue weighted by Gasteiger charge is 2.41. The Hall–Kier alpha value is -3.10. The number of benzene rings is 2. The number of hydrogen-bond donors (Lipinski definition) is 0. The summed E-state index contributed by atoms with van der Waals surface area (Å²) in [5.41, 5.74) is 2.53. The number of aryl methyl sites for hydroxylation is 1. The van der Waals surface area contributed by atoms with Crippen LogP contribution in [0.1, 0.15) is 42.1 Å². The zero-order chi connectivity index (χ0) is 29.1. The van der Waals surface area contributed by atoms with E-state index in [0.717, 1.165) is 56.1 Å². The Morgan fingerprint density at radius 3 is 2.20 bits per heavy atom. The summed E-state index contributed by atoms with van der Waals surface area (Å²) in [4.78, 5) is 46.7. The molecule has 0 aromatic heterocycles. The molecule has 0 spiro atoms. The Morgan fingerprint density at radius 1 is 0.951 bits per heavy atom. The molecular formula is C32H41ClN4O4. The third-order valence-electron chi connectivity index (χ3n) is 9.06. The van der Waals surface area contributed by atoms with E-state index < -0.39 is 0 Å². The molecule has 0 aliphatic carbocycles. The SMILES string of the molecule is COc1ccc(C(=O)N2CC3CN(CCCN(C(=O)C4CCN(C(C)=O)CC4)c4ccc(C)c(Cl)c4)CC3C2)cc1. The number of hydrogen-bond acceptors (Lipinski definition) is 5. The molecule has 0 saturated carbocycles. The maximum absolute atomic E-state index is 13.7. The van der Waals surface area contributed by atoms with Crippen molar-refractivity contribution in [2.24, 2.45) is 17.8 Å². The molecule has 0 bridgehead atoms. The van der Waals surface area contributed by atoms with Gasteiger partial charge in [-0.1, -0.05) is 17.7 Å². The van der Waals surface area contributed by atoms with Crippen LogP contribution in [0.15, 0.2) is 42.5 Å². The van der Waals surface area contributed by atoms with Crippen molar-refractivity contribution in [1.29, 1.82) is 0 Å². The van der Waals surface area contributed by atoms with Gasteiger partial charge in [0.1, 0.15) is 5.75 Å². The number of carbonyl (C=O) groups excluding carboxylic acids is 3. The van der Waals surface area contributed by atoms with Gasteiger partial charge in [0, 0.05) is 74.9 Å². The molecule has 2 aromatic carbocycles. The van der Waals surface area contributed by atoms with E-state index in [9.17, 15) is 14.4 Å². The van der Waals surface area contributed by atoms with Crippen molar-refractivity contribution in [3.8, 4) is 5.75 Å². The van der Waals surface area contributed by atoms with Gasteiger partial charge in [-0.2, -0.15) is 0 Å². The minimum atomic E-state index is -0.0916. The number of amides is 3. The molecule has 0 N–H and O–H groups in total. The summed E-state index contributed by atoms with van der Waals surface area (Å²) in [5.74, 6) is 1.91. The van der Waals surface area contributed by atoms with E-state index >= 15 is 0 Å². The maximum atomic E-state index is 13.7. The minimum absolute atomic E-state index is 0.0710. The lowest BCUT2D eigenvalue weighted by Crippen LogP contribution is -2.44. The molecule has 3 heterocycles. The van der Waals surface area contributed by atoms with Crippen LogP contribution < -0.4 is 9.64 Å². The fraction of sp³-hybridized carbons (Fsp3) is 0.531. The van der Waals surface area contributed by atoms with Gasteiger partial charge < -0.3 is 24.3 Å². The third-order valence-corrected chi connectivity index (χ3v) is 9.47. The van der Waals surface area contributed by atoms with Crippen molar-refractivity contribution < 1.29 is 19.1 Å². The van der Waals surface area contributed by atoms with Crippen LogP contribution in [0.3, 0.4) is 0 Å². The normalized spacial score (nSPS) is 21.2. The van der Waals surface area contributed by atoms with Gasteiger partial charge in [0.15, 0.2) is 0 Å². The summed E-state index contributed by atoms with van der Waals surface area (Å²) >= 11 is 6.46. The molecule has 2 unspecified atom stereocenters. The molecule has 3 aliphatic rings. The second-order valence-corrected chi connectivity index (χ2v) is 12.2. The van der Waals surface area contributed by atoms with E-state index in [1.54, 1.807) is 14.0 Å². The zero-order valence-corrected chi connectivity index (χ0v) is 25.1. The van der Waals surface area contributed by atoms with Gasteiger partial charge in [0.05, 0.1) is 7.11 Å². The van der Waals surface area contributed by atoms with E-state index in [0.29, 0.717) is 54.9 Å². The van der Waals surface area contributed by atoms with Crippen molar-refractivity contribution in [3.63, 3.8) is 0 Å². The van der Waals surface area contributed by atoms with Gasteiger partial charge in [-0.3, -0.25) is 14.4 Å². The average molecular weight is 581 g/mol. The minimum Gasteiger partial charge on any atom is -0.497 e. The average Bonchev–Trinajstić information content (AvgIpc) is 3.55. The lowest BCUT2D eigenvalue weighted by atomic mass is 9.94. The number of ether oxygens (including phenoxy) is 1. The van der Waals surface area contributed by atoms with Crippen LogP contribution in [-0.4, -0.2) is 91.9 Å². The molecule has 3 fully saturated rings. The first-order chi connectivity index (χ1) is 19.7. The number of likely N-dealkylation sites (tertiary alicyclic amines) is 3. The molecule has 5 rings (SSSR count). The van der Waals surface area contributed by atoms with E-state index in [-0.39, 0.29) is 23.6 Å². The Balaban J connectivity index is 1.15. The predicted molar refractivity (Wildman–Crippen MR) is 160 cm³/mol. The second-order valence-electron chi connectivity index (χ2n) is 11.8. The smallest absolute Gasteiger partial charge is 0.253 e. The first kappa shape index (κ1) is 29.4. The van der Waals surface area contributed by atoms with Crippen molar-refractivity contribution in [2.75, 3.05) is 64.4 Å². The van der Waals surface area contributed by atoms with Crippen molar-refractivity contribution in [2.45, 2.75) is 33.1 Å². The number of rotatable bonds is 8. The summed E-state index contributed by atoms with van der Waals surface area (Å²) in [6.45, 7) is 9.87. The fourth-order valence-corrected chi connectivity index (χ4v) is 6.76. The Labute approximate surface area is 248 Å². The van der Waals surface area contributed by atoms with E-state index in [2.05, 4.69) is 4.90 Å². The number of methoxy groups -OCH3 is 1. The number of nitrogens with zero attached hydrogens (tertiary/aromatic N) is 4. The molecule has 41 heavy (non-hydrogen) atoms. The monoisotopic (exact) mass is 580 g/mol. The van der Waals surface area contributed by atoms with E-state index in [1.165, 1.54) is 0 Å². The predicted octanol–water partition coefficient (Wildman–Crippen LogP) is 4.34. The van der Waals surface area contributed by atoms with Gasteiger partial charge in [0.25, 0.3) is 5.91 Å². The fourth-order valence-electron chi connectivity index (χ4n) is 6.59. The Morgan fingerprint density at radius 2 is 1.61 bits per heavy atom. The summed E-state index contributed by atoms with van der Waals surface area (Å²) in [5, 5.41) is 0.660. The quantitative estimate of drug-likeness (QED) is 0.464. The lowest BCUT2D eigenvalue weighted by molar-refractivity contribution is -0.133. The van der Waals surface area contributed by atoms with Crippen LogP contribution in [0.4, 0.5) is 5.69 Å². The molecule has 220 valence electrons. The highest BCUT2D eigenvalue weighted by atomic mass is 35.5. The van der Waals surface area contributed by atoms with Crippen LogP contribution in [0.25, 0.3) is 0 Å². The third kappa shape index (κ3) is 6.70. The number of piperidine rings is 1. The molecule has 3 saturated heterocycles. The first-order valence-electron chi connectivity index (χ1n) is 14.7. The second kappa shape index (κ2) is 12.8. The topological polar surface area (TPSA) is 73.4 Å². The highest BCUT2D eigenvalue weighted by Crippen LogP contribution is 2.33. The molecule has 3 aliphatic heterocycles. The van der Waals surface area contributed by atoms with Gasteiger partial charge in [-0.15, -0.1) is 0 Å². The van der Waals surface area contributed by atoms with Crippen molar-refractivity contribution >= 4 is 35.0 Å². The Bertz CT molecular complexity index is 1250. The molecular weight excluding hydrogens is 540 g/mol. The number of fused-ring (bicyclic) bond motifs is 1. The van der Waals surface area contributed by atoms with E-state index in [1.807, 2.05) is 64.1 Å². The van der Waals surface area contributed by atoms with Crippen LogP contribution >= 0.6 is 11.6 Å². The maximum Gasteiger partial charge on any atom is 0.253 e. The highest BCUT2D eigenvalue weighted by molar-refractivity contribution is 6.31. The Kier molecular flexibility index (Phi) is 9.19. The van der Waals surface area contributed by atoms with Crippen LogP contribution in [0, 0.1) is 24.7 Å². The number of carbonyl (C=O) groups is 3. The largest absolute Gasteiger partial charge is 0.497 e. The zero-order valence-electron chi connectivity index (χ0n) is 24.4. The van der Waals surface area contributed by atoms with Crippen LogP contribution in [-0.2, 0) is 9.59 Å². The lowest BCUT2D eigenvalue weighted by Gasteiger charge is -2.34. The van der Waals surface area contributed by atoms with Gasteiger partial charge in [-0.05, 0) is 86.5 Å². The summed E-state index contributed by atoms with van der Waals surface area (Å²) in [7, 11) is 1.62. The summed E-state index contributed by atoms with van der Waals surface area (Å²) in [6, 6.07) is 13.2. The molecule has 9 heteroatoms. The van der Waals surface area contributed by atoms with Gasteiger partial charge in [-0.25, -0.2) is 0 Å². The van der Waals surface area contributed by atoms with Gasteiger partial charge >= 0.3 is 0 Å². The molecule has 2 atom stereocenters.